The van der Waals surface area contributed by atoms with Crippen LogP contribution in [-0.2, 0) is 16.6 Å². The van der Waals surface area contributed by atoms with E-state index in [4.69, 9.17) is 0 Å². The highest BCUT2D eigenvalue weighted by Crippen LogP contribution is 2.22. The second-order valence-corrected chi connectivity index (χ2v) is 9.33. The molecule has 0 bridgehead atoms. The van der Waals surface area contributed by atoms with Gasteiger partial charge in [-0.25, -0.2) is 17.5 Å². The Labute approximate surface area is 162 Å². The van der Waals surface area contributed by atoms with Crippen LogP contribution in [0, 0.1) is 12.7 Å². The van der Waals surface area contributed by atoms with Gasteiger partial charge in [-0.1, -0.05) is 45.8 Å². The van der Waals surface area contributed by atoms with E-state index in [1.165, 1.54) is 23.3 Å². The van der Waals surface area contributed by atoms with Crippen LogP contribution in [0.5, 0.6) is 0 Å². The fraction of sp³-hybridized carbons (Fsp3) is 0.368. The van der Waals surface area contributed by atoms with Crippen LogP contribution < -0.4 is 4.72 Å². The lowest BCUT2D eigenvalue weighted by atomic mass is 10.0. The van der Waals surface area contributed by atoms with E-state index in [2.05, 4.69) is 56.7 Å². The molecule has 1 aliphatic heterocycles. The van der Waals surface area contributed by atoms with Gasteiger partial charge in [0.1, 0.15) is 10.7 Å². The number of hydrogen-bond donors (Lipinski definition) is 1. The number of aryl methyl sites for hydroxylation is 1. The minimum absolute atomic E-state index is 0.174. The molecule has 1 aliphatic rings. The van der Waals surface area contributed by atoms with Crippen LogP contribution in [0.3, 0.4) is 0 Å². The molecule has 0 aliphatic carbocycles. The number of rotatable bonds is 5. The molecule has 1 saturated heterocycles. The van der Waals surface area contributed by atoms with Crippen molar-refractivity contribution in [2.45, 2.75) is 37.2 Å². The Hall–Kier alpha value is -1.28. The van der Waals surface area contributed by atoms with E-state index < -0.39 is 15.8 Å². The van der Waals surface area contributed by atoms with Crippen LogP contribution in [0.4, 0.5) is 4.39 Å². The molecule has 1 N–H and O–H groups in total. The van der Waals surface area contributed by atoms with Gasteiger partial charge in [0.15, 0.2) is 0 Å². The van der Waals surface area contributed by atoms with E-state index in [1.807, 2.05) is 0 Å². The van der Waals surface area contributed by atoms with Gasteiger partial charge in [-0.2, -0.15) is 0 Å². The molecule has 0 amide bonds. The third kappa shape index (κ3) is 4.91. The second kappa shape index (κ2) is 8.17. The molecule has 0 atom stereocenters. The number of hydrogen-bond acceptors (Lipinski definition) is 3. The summed E-state index contributed by atoms with van der Waals surface area (Å²) in [5.74, 6) is -0.738. The van der Waals surface area contributed by atoms with Crippen molar-refractivity contribution in [2.24, 2.45) is 0 Å². The first-order valence-electron chi connectivity index (χ1n) is 8.59. The van der Waals surface area contributed by atoms with Gasteiger partial charge in [-0.15, -0.1) is 0 Å². The van der Waals surface area contributed by atoms with Crippen molar-refractivity contribution in [1.29, 1.82) is 0 Å². The van der Waals surface area contributed by atoms with Crippen molar-refractivity contribution >= 4 is 26.0 Å². The maximum absolute atomic E-state index is 13.9. The molecule has 0 aromatic heterocycles. The smallest absolute Gasteiger partial charge is 0.243 e. The highest BCUT2D eigenvalue weighted by atomic mass is 79.9. The van der Waals surface area contributed by atoms with Gasteiger partial charge in [-0.05, 0) is 43.5 Å². The molecule has 3 rings (SSSR count). The van der Waals surface area contributed by atoms with Gasteiger partial charge < -0.3 is 0 Å². The zero-order chi connectivity index (χ0) is 18.7. The molecule has 7 heteroatoms. The Kier molecular flexibility index (Phi) is 6.12. The topological polar surface area (TPSA) is 49.4 Å². The summed E-state index contributed by atoms with van der Waals surface area (Å²) in [5.41, 5.74) is 2.50. The van der Waals surface area contributed by atoms with E-state index >= 15 is 0 Å². The Bertz CT molecular complexity index is 881. The van der Waals surface area contributed by atoms with Gasteiger partial charge in [0.05, 0.1) is 0 Å². The van der Waals surface area contributed by atoms with Crippen molar-refractivity contribution < 1.29 is 12.8 Å². The van der Waals surface area contributed by atoms with Crippen LogP contribution in [0.2, 0.25) is 0 Å². The summed E-state index contributed by atoms with van der Waals surface area (Å²) in [4.78, 5) is 2.01. The molecular formula is C19H22BrFN2O2S. The SMILES string of the molecule is Cc1cccc(CN2CCC(NS(=O)(=O)c3cc(Br)ccc3F)CC2)c1. The van der Waals surface area contributed by atoms with E-state index in [0.717, 1.165) is 25.7 Å². The van der Waals surface area contributed by atoms with Crippen LogP contribution in [0.1, 0.15) is 24.0 Å². The summed E-state index contributed by atoms with van der Waals surface area (Å²) in [5, 5.41) is 0. The quantitative estimate of drug-likeness (QED) is 0.767. The van der Waals surface area contributed by atoms with Crippen molar-refractivity contribution in [1.82, 2.24) is 9.62 Å². The van der Waals surface area contributed by atoms with Gasteiger partial charge in [0.25, 0.3) is 0 Å². The van der Waals surface area contributed by atoms with Crippen LogP contribution in [0.25, 0.3) is 0 Å². The average molecular weight is 441 g/mol. The predicted molar refractivity (Wildman–Crippen MR) is 104 cm³/mol. The zero-order valence-electron chi connectivity index (χ0n) is 14.6. The Morgan fingerprint density at radius 1 is 1.19 bits per heavy atom. The molecule has 1 heterocycles. The molecule has 0 unspecified atom stereocenters. The van der Waals surface area contributed by atoms with Crippen molar-refractivity contribution in [3.05, 3.63) is 63.9 Å². The lowest BCUT2D eigenvalue weighted by Crippen LogP contribution is -2.44. The molecule has 0 radical (unpaired) electrons. The number of piperidine rings is 1. The summed E-state index contributed by atoms with van der Waals surface area (Å²) in [6.07, 6.45) is 1.42. The first kappa shape index (κ1) is 19.5. The zero-order valence-corrected chi connectivity index (χ0v) is 17.0. The molecule has 2 aromatic carbocycles. The third-order valence-corrected chi connectivity index (χ3v) is 6.61. The Morgan fingerprint density at radius 3 is 2.62 bits per heavy atom. The van der Waals surface area contributed by atoms with Crippen LogP contribution in [0.15, 0.2) is 51.8 Å². The van der Waals surface area contributed by atoms with E-state index in [-0.39, 0.29) is 10.9 Å². The number of halogens is 2. The van der Waals surface area contributed by atoms with Gasteiger partial charge in [0, 0.05) is 30.1 Å². The molecule has 4 nitrogen and oxygen atoms in total. The second-order valence-electron chi connectivity index (χ2n) is 6.74. The molecule has 0 saturated carbocycles. The van der Waals surface area contributed by atoms with Crippen LogP contribution in [-0.4, -0.2) is 32.4 Å². The highest BCUT2D eigenvalue weighted by Gasteiger charge is 2.26. The predicted octanol–water partition coefficient (Wildman–Crippen LogP) is 3.84. The Balaban J connectivity index is 1.59. The van der Waals surface area contributed by atoms with Gasteiger partial charge >= 0.3 is 0 Å². The minimum atomic E-state index is -3.87. The summed E-state index contributed by atoms with van der Waals surface area (Å²) in [7, 11) is -3.87. The highest BCUT2D eigenvalue weighted by molar-refractivity contribution is 9.10. The number of nitrogens with one attached hydrogen (secondary N) is 1. The third-order valence-electron chi connectivity index (χ3n) is 4.58. The standard InChI is InChI=1S/C19H22BrFN2O2S/c1-14-3-2-4-15(11-14)13-23-9-7-17(8-10-23)22-26(24,25)19-12-16(20)5-6-18(19)21/h2-6,11-12,17,22H,7-10,13H2,1H3. The van der Waals surface area contributed by atoms with Crippen LogP contribution >= 0.6 is 15.9 Å². The molecule has 0 spiro atoms. The number of sulfonamides is 1. The fourth-order valence-electron chi connectivity index (χ4n) is 3.24. The maximum Gasteiger partial charge on any atom is 0.243 e. The van der Waals surface area contributed by atoms with E-state index in [1.54, 1.807) is 0 Å². The molecule has 1 fully saturated rings. The normalized spacial score (nSPS) is 16.7. The molecule has 26 heavy (non-hydrogen) atoms. The monoisotopic (exact) mass is 440 g/mol. The summed E-state index contributed by atoms with van der Waals surface area (Å²) < 4.78 is 42.1. The molecule has 2 aromatic rings. The number of likely N-dealkylation sites (tertiary alicyclic amines) is 1. The van der Waals surface area contributed by atoms with Gasteiger partial charge in [-0.3, -0.25) is 4.90 Å². The fourth-order valence-corrected chi connectivity index (χ4v) is 5.16. The maximum atomic E-state index is 13.9. The summed E-state index contributed by atoms with van der Waals surface area (Å²) in [6.45, 7) is 4.55. The van der Waals surface area contributed by atoms with E-state index in [9.17, 15) is 12.8 Å². The van der Waals surface area contributed by atoms with E-state index in [0.29, 0.717) is 17.3 Å². The summed E-state index contributed by atoms with van der Waals surface area (Å²) >= 11 is 3.19. The first-order valence-corrected chi connectivity index (χ1v) is 10.9. The lowest BCUT2D eigenvalue weighted by molar-refractivity contribution is 0.200. The minimum Gasteiger partial charge on any atom is -0.299 e. The number of benzene rings is 2. The lowest BCUT2D eigenvalue weighted by Gasteiger charge is -2.32. The number of nitrogens with zero attached hydrogens (tertiary/aromatic N) is 1. The Morgan fingerprint density at radius 2 is 1.92 bits per heavy atom. The molecule has 140 valence electrons. The molecular weight excluding hydrogens is 419 g/mol. The van der Waals surface area contributed by atoms with Gasteiger partial charge in [0.2, 0.25) is 10.0 Å². The first-order chi connectivity index (χ1) is 12.3. The van der Waals surface area contributed by atoms with Crippen molar-refractivity contribution in [3.8, 4) is 0 Å². The summed E-state index contributed by atoms with van der Waals surface area (Å²) in [6, 6.07) is 12.2. The largest absolute Gasteiger partial charge is 0.299 e. The van der Waals surface area contributed by atoms with Crippen molar-refractivity contribution in [3.63, 3.8) is 0 Å². The average Bonchev–Trinajstić information content (AvgIpc) is 2.58. The van der Waals surface area contributed by atoms with Crippen molar-refractivity contribution in [2.75, 3.05) is 13.1 Å².